The van der Waals surface area contributed by atoms with Crippen molar-refractivity contribution in [2.75, 3.05) is 0 Å². The molecule has 2 rings (SSSR count). The maximum Gasteiger partial charge on any atom is 0.179 e. The molecule has 1 aromatic carbocycles. The molecule has 5 heteroatoms. The van der Waals surface area contributed by atoms with Crippen LogP contribution in [0.25, 0.3) is 11.4 Å². The number of hydrogen-bond donors (Lipinski definition) is 1. The van der Waals surface area contributed by atoms with Crippen LogP contribution in [0.5, 0.6) is 0 Å². The van der Waals surface area contributed by atoms with Gasteiger partial charge in [-0.25, -0.2) is 5.10 Å². The highest BCUT2D eigenvalue weighted by molar-refractivity contribution is 9.10. The molecule has 4 nitrogen and oxygen atoms in total. The Balaban J connectivity index is 2.57. The zero-order chi connectivity index (χ0) is 10.1. The number of aromatic nitrogens is 4. The zero-order valence-corrected chi connectivity index (χ0v) is 9.46. The number of hydrogen-bond acceptors (Lipinski definition) is 3. The predicted molar refractivity (Wildman–Crippen MR) is 56.8 cm³/mol. The number of H-pyrrole nitrogens is 1. The van der Waals surface area contributed by atoms with Gasteiger partial charge in [-0.15, -0.1) is 5.10 Å². The molecule has 72 valence electrons. The Morgan fingerprint density at radius 2 is 1.86 bits per heavy atom. The van der Waals surface area contributed by atoms with Crippen LogP contribution in [0.3, 0.4) is 0 Å². The third-order valence-corrected chi connectivity index (χ3v) is 3.31. The molecule has 0 aliphatic heterocycles. The van der Waals surface area contributed by atoms with E-state index in [9.17, 15) is 0 Å². The number of benzene rings is 1. The van der Waals surface area contributed by atoms with Gasteiger partial charge >= 0.3 is 0 Å². The molecule has 1 aromatic heterocycles. The minimum Gasteiger partial charge on any atom is -0.239 e. The summed E-state index contributed by atoms with van der Waals surface area (Å²) in [6.07, 6.45) is 0. The van der Waals surface area contributed by atoms with Gasteiger partial charge in [0.25, 0.3) is 0 Å². The average Bonchev–Trinajstić information content (AvgIpc) is 2.66. The molecule has 0 saturated carbocycles. The number of nitrogens with zero attached hydrogens (tertiary/aromatic N) is 3. The monoisotopic (exact) mass is 252 g/mol. The van der Waals surface area contributed by atoms with E-state index in [0.29, 0.717) is 5.82 Å². The van der Waals surface area contributed by atoms with Gasteiger partial charge in [-0.3, -0.25) is 0 Å². The molecule has 0 amide bonds. The highest BCUT2D eigenvalue weighted by Gasteiger charge is 2.06. The van der Waals surface area contributed by atoms with Crippen molar-refractivity contribution in [3.05, 3.63) is 27.7 Å². The van der Waals surface area contributed by atoms with E-state index in [0.717, 1.165) is 10.0 Å². The summed E-state index contributed by atoms with van der Waals surface area (Å²) in [5.41, 5.74) is 3.36. The molecule has 0 atom stereocenters. The molecule has 0 aliphatic carbocycles. The van der Waals surface area contributed by atoms with Crippen LogP contribution in [-0.2, 0) is 0 Å². The third kappa shape index (κ3) is 1.55. The molecule has 0 bridgehead atoms. The predicted octanol–water partition coefficient (Wildman–Crippen LogP) is 2.25. The van der Waals surface area contributed by atoms with E-state index >= 15 is 0 Å². The number of tetrazole rings is 1. The van der Waals surface area contributed by atoms with Gasteiger partial charge in [-0.05, 0) is 47.5 Å². The molecular weight excluding hydrogens is 244 g/mol. The maximum absolute atomic E-state index is 3.87. The Bertz CT molecular complexity index is 427. The average molecular weight is 253 g/mol. The second kappa shape index (κ2) is 3.49. The lowest BCUT2D eigenvalue weighted by molar-refractivity contribution is 0.881. The van der Waals surface area contributed by atoms with Crippen LogP contribution < -0.4 is 0 Å². The quantitative estimate of drug-likeness (QED) is 0.847. The van der Waals surface area contributed by atoms with E-state index in [1.165, 1.54) is 11.1 Å². The summed E-state index contributed by atoms with van der Waals surface area (Å²) >= 11 is 3.51. The fourth-order valence-corrected chi connectivity index (χ4v) is 1.59. The van der Waals surface area contributed by atoms with Crippen LogP contribution in [0.1, 0.15) is 11.1 Å². The Hall–Kier alpha value is -1.23. The van der Waals surface area contributed by atoms with Crippen LogP contribution in [0.2, 0.25) is 0 Å². The van der Waals surface area contributed by atoms with Crippen LogP contribution in [0.15, 0.2) is 16.6 Å². The number of halogens is 1. The number of rotatable bonds is 1. The fourth-order valence-electron chi connectivity index (χ4n) is 1.36. The van der Waals surface area contributed by atoms with E-state index in [2.05, 4.69) is 36.6 Å². The van der Waals surface area contributed by atoms with Gasteiger partial charge in [0.05, 0.1) is 0 Å². The van der Waals surface area contributed by atoms with Crippen molar-refractivity contribution in [1.29, 1.82) is 0 Å². The molecule has 0 aliphatic rings. The molecule has 0 fully saturated rings. The summed E-state index contributed by atoms with van der Waals surface area (Å²) in [6.45, 7) is 4.09. The molecule has 0 saturated heterocycles. The Morgan fingerprint density at radius 1 is 1.21 bits per heavy atom. The molecule has 0 spiro atoms. The van der Waals surface area contributed by atoms with Crippen molar-refractivity contribution in [2.24, 2.45) is 0 Å². The largest absolute Gasteiger partial charge is 0.239 e. The molecule has 14 heavy (non-hydrogen) atoms. The Morgan fingerprint density at radius 3 is 2.36 bits per heavy atom. The lowest BCUT2D eigenvalue weighted by atomic mass is 10.1. The van der Waals surface area contributed by atoms with Crippen LogP contribution in [0, 0.1) is 13.8 Å². The Labute approximate surface area is 89.9 Å². The van der Waals surface area contributed by atoms with E-state index in [4.69, 9.17) is 0 Å². The highest BCUT2D eigenvalue weighted by Crippen LogP contribution is 2.26. The van der Waals surface area contributed by atoms with Gasteiger partial charge in [0, 0.05) is 10.0 Å². The van der Waals surface area contributed by atoms with Gasteiger partial charge in [0.15, 0.2) is 5.82 Å². The van der Waals surface area contributed by atoms with Crippen LogP contribution >= 0.6 is 15.9 Å². The first-order chi connectivity index (χ1) is 6.68. The van der Waals surface area contributed by atoms with Gasteiger partial charge in [0.2, 0.25) is 0 Å². The first-order valence-electron chi connectivity index (χ1n) is 4.19. The molecule has 1 heterocycles. The molecule has 1 N–H and O–H groups in total. The number of aryl methyl sites for hydroxylation is 2. The number of aromatic amines is 1. The lowest BCUT2D eigenvalue weighted by Crippen LogP contribution is -1.87. The van der Waals surface area contributed by atoms with E-state index in [-0.39, 0.29) is 0 Å². The van der Waals surface area contributed by atoms with E-state index < -0.39 is 0 Å². The van der Waals surface area contributed by atoms with Gasteiger partial charge in [-0.1, -0.05) is 15.9 Å². The summed E-state index contributed by atoms with van der Waals surface area (Å²) in [5.74, 6) is 0.698. The molecule has 0 radical (unpaired) electrons. The van der Waals surface area contributed by atoms with Crippen molar-refractivity contribution < 1.29 is 0 Å². The standard InChI is InChI=1S/C9H9BrN4/c1-5-3-7(4-6(2)8(5)10)9-11-13-14-12-9/h3-4H,1-2H3,(H,11,12,13,14). The van der Waals surface area contributed by atoms with Crippen LogP contribution in [0.4, 0.5) is 0 Å². The summed E-state index contributed by atoms with van der Waals surface area (Å²) in [7, 11) is 0. The second-order valence-electron chi connectivity index (χ2n) is 3.17. The summed E-state index contributed by atoms with van der Waals surface area (Å²) in [4.78, 5) is 0. The minimum absolute atomic E-state index is 0.698. The molecule has 0 unspecified atom stereocenters. The SMILES string of the molecule is Cc1cc(-c2nnn[nH]2)cc(C)c1Br. The minimum atomic E-state index is 0.698. The summed E-state index contributed by atoms with van der Waals surface area (Å²) in [6, 6.07) is 4.08. The smallest absolute Gasteiger partial charge is 0.179 e. The second-order valence-corrected chi connectivity index (χ2v) is 3.97. The highest BCUT2D eigenvalue weighted by atomic mass is 79.9. The van der Waals surface area contributed by atoms with E-state index in [1.54, 1.807) is 0 Å². The van der Waals surface area contributed by atoms with Crippen LogP contribution in [-0.4, -0.2) is 20.6 Å². The van der Waals surface area contributed by atoms with Crippen molar-refractivity contribution in [3.63, 3.8) is 0 Å². The third-order valence-electron chi connectivity index (χ3n) is 2.06. The van der Waals surface area contributed by atoms with E-state index in [1.807, 2.05) is 26.0 Å². The molecular formula is C9H9BrN4. The first-order valence-corrected chi connectivity index (χ1v) is 4.98. The van der Waals surface area contributed by atoms with Crippen molar-refractivity contribution in [2.45, 2.75) is 13.8 Å². The fraction of sp³-hybridized carbons (Fsp3) is 0.222. The van der Waals surface area contributed by atoms with Crippen molar-refractivity contribution in [3.8, 4) is 11.4 Å². The van der Waals surface area contributed by atoms with Crippen molar-refractivity contribution >= 4 is 15.9 Å². The maximum atomic E-state index is 3.87. The Kier molecular flexibility index (Phi) is 2.33. The van der Waals surface area contributed by atoms with Crippen molar-refractivity contribution in [1.82, 2.24) is 20.6 Å². The van der Waals surface area contributed by atoms with Gasteiger partial charge < -0.3 is 0 Å². The zero-order valence-electron chi connectivity index (χ0n) is 7.87. The molecule has 2 aromatic rings. The van der Waals surface area contributed by atoms with Gasteiger partial charge in [-0.2, -0.15) is 0 Å². The number of nitrogens with one attached hydrogen (secondary N) is 1. The first kappa shape index (κ1) is 9.33. The lowest BCUT2D eigenvalue weighted by Gasteiger charge is -2.04. The summed E-state index contributed by atoms with van der Waals surface area (Å²) in [5, 5.41) is 13.7. The normalized spacial score (nSPS) is 10.5. The topological polar surface area (TPSA) is 54.5 Å². The summed E-state index contributed by atoms with van der Waals surface area (Å²) < 4.78 is 1.13. The van der Waals surface area contributed by atoms with Gasteiger partial charge in [0.1, 0.15) is 0 Å².